The van der Waals surface area contributed by atoms with E-state index in [-0.39, 0.29) is 10.9 Å². The van der Waals surface area contributed by atoms with E-state index in [0.29, 0.717) is 19.8 Å². The highest BCUT2D eigenvalue weighted by atomic mass is 79.9. The van der Waals surface area contributed by atoms with Gasteiger partial charge >= 0.3 is 0 Å². The van der Waals surface area contributed by atoms with Gasteiger partial charge in [0.1, 0.15) is 0 Å². The number of rotatable bonds is 2. The normalized spacial score (nSPS) is 22.5. The third-order valence-electron chi connectivity index (χ3n) is 3.01. The van der Waals surface area contributed by atoms with Crippen molar-refractivity contribution in [3.05, 3.63) is 33.8 Å². The number of aryl methyl sites for hydroxylation is 2. The molecule has 1 aliphatic heterocycles. The lowest BCUT2D eigenvalue weighted by Gasteiger charge is -2.28. The molecule has 1 aromatic rings. The molecule has 1 aliphatic rings. The van der Waals surface area contributed by atoms with Gasteiger partial charge in [0.05, 0.1) is 30.8 Å². The van der Waals surface area contributed by atoms with Crippen LogP contribution in [0.1, 0.15) is 21.5 Å². The van der Waals surface area contributed by atoms with E-state index in [9.17, 15) is 0 Å². The van der Waals surface area contributed by atoms with Crippen LogP contribution < -0.4 is 0 Å². The Bertz CT molecular complexity index is 403. The number of halogens is 2. The van der Waals surface area contributed by atoms with Crippen molar-refractivity contribution in [2.24, 2.45) is 0 Å². The maximum Gasteiger partial charge on any atom is 0.0975 e. The van der Waals surface area contributed by atoms with Crippen LogP contribution in [0.4, 0.5) is 0 Å². The van der Waals surface area contributed by atoms with E-state index in [1.54, 1.807) is 0 Å². The van der Waals surface area contributed by atoms with E-state index >= 15 is 0 Å². The topological polar surface area (TPSA) is 18.5 Å². The van der Waals surface area contributed by atoms with E-state index in [4.69, 9.17) is 21.1 Å². The predicted molar refractivity (Wildman–Crippen MR) is 73.2 cm³/mol. The van der Waals surface area contributed by atoms with Crippen LogP contribution in [-0.2, 0) is 9.47 Å². The molecular weight excluding hydrogens is 303 g/mol. The van der Waals surface area contributed by atoms with Gasteiger partial charge in [-0.15, -0.1) is 0 Å². The zero-order valence-corrected chi connectivity index (χ0v) is 12.3. The van der Waals surface area contributed by atoms with Gasteiger partial charge < -0.3 is 9.47 Å². The molecule has 2 rings (SSSR count). The van der Waals surface area contributed by atoms with Gasteiger partial charge in [0.15, 0.2) is 0 Å². The van der Waals surface area contributed by atoms with E-state index in [2.05, 4.69) is 28.9 Å². The van der Waals surface area contributed by atoms with E-state index < -0.39 is 0 Å². The van der Waals surface area contributed by atoms with E-state index in [1.807, 2.05) is 13.0 Å². The van der Waals surface area contributed by atoms with Crippen LogP contribution in [0.2, 0.25) is 5.02 Å². The van der Waals surface area contributed by atoms with Gasteiger partial charge in [0, 0.05) is 5.02 Å². The lowest BCUT2D eigenvalue weighted by atomic mass is 10.00. The lowest BCUT2D eigenvalue weighted by Crippen LogP contribution is -2.32. The standard InChI is InChI=1S/C13H16BrClO2/c1-8-6-11(15)9(2)5-10(8)13(14)12-7-16-3-4-17-12/h5-6,12-13H,3-4,7H2,1-2H3. The van der Waals surface area contributed by atoms with Crippen molar-refractivity contribution in [3.8, 4) is 0 Å². The number of hydrogen-bond acceptors (Lipinski definition) is 2. The van der Waals surface area contributed by atoms with Crippen molar-refractivity contribution >= 4 is 27.5 Å². The van der Waals surface area contributed by atoms with Crippen molar-refractivity contribution < 1.29 is 9.47 Å². The first-order valence-corrected chi connectivity index (χ1v) is 6.99. The quantitative estimate of drug-likeness (QED) is 0.772. The van der Waals surface area contributed by atoms with Gasteiger partial charge in [-0.3, -0.25) is 0 Å². The van der Waals surface area contributed by atoms with Gasteiger partial charge in [-0.25, -0.2) is 0 Å². The fraction of sp³-hybridized carbons (Fsp3) is 0.538. The van der Waals surface area contributed by atoms with Gasteiger partial charge in [-0.1, -0.05) is 33.6 Å². The Hall–Kier alpha value is -0.0900. The van der Waals surface area contributed by atoms with Gasteiger partial charge in [0.25, 0.3) is 0 Å². The first-order valence-electron chi connectivity index (χ1n) is 5.69. The summed E-state index contributed by atoms with van der Waals surface area (Å²) in [6.07, 6.45) is 0.0722. The molecule has 0 amide bonds. The van der Waals surface area contributed by atoms with Crippen molar-refractivity contribution in [3.63, 3.8) is 0 Å². The Morgan fingerprint density at radius 2 is 2.06 bits per heavy atom. The molecule has 1 aromatic carbocycles. The Morgan fingerprint density at radius 1 is 1.29 bits per heavy atom. The van der Waals surface area contributed by atoms with Crippen LogP contribution in [0.5, 0.6) is 0 Å². The van der Waals surface area contributed by atoms with Crippen molar-refractivity contribution in [2.75, 3.05) is 19.8 Å². The number of benzene rings is 1. The minimum Gasteiger partial charge on any atom is -0.376 e. The van der Waals surface area contributed by atoms with Crippen LogP contribution in [0.15, 0.2) is 12.1 Å². The second-order valence-electron chi connectivity index (χ2n) is 4.34. The van der Waals surface area contributed by atoms with Crippen molar-refractivity contribution in [1.82, 2.24) is 0 Å². The fourth-order valence-electron chi connectivity index (χ4n) is 1.98. The molecule has 1 heterocycles. The van der Waals surface area contributed by atoms with Gasteiger partial charge in [0.2, 0.25) is 0 Å². The second-order valence-corrected chi connectivity index (χ2v) is 5.74. The molecule has 0 radical (unpaired) electrons. The minimum atomic E-state index is 0.0722. The molecule has 2 atom stereocenters. The molecule has 2 nitrogen and oxygen atoms in total. The Kier molecular flexibility index (Phi) is 4.47. The molecule has 1 saturated heterocycles. The third kappa shape index (κ3) is 3.02. The highest BCUT2D eigenvalue weighted by Gasteiger charge is 2.25. The summed E-state index contributed by atoms with van der Waals surface area (Å²) in [7, 11) is 0. The summed E-state index contributed by atoms with van der Waals surface area (Å²) < 4.78 is 11.2. The highest BCUT2D eigenvalue weighted by molar-refractivity contribution is 9.09. The van der Waals surface area contributed by atoms with Crippen molar-refractivity contribution in [1.29, 1.82) is 0 Å². The number of ether oxygens (including phenoxy) is 2. The Morgan fingerprint density at radius 3 is 2.71 bits per heavy atom. The summed E-state index contributed by atoms with van der Waals surface area (Å²) in [6.45, 7) is 6.08. The molecule has 0 spiro atoms. The molecule has 4 heteroatoms. The summed E-state index contributed by atoms with van der Waals surface area (Å²) in [4.78, 5) is 0.152. The van der Waals surface area contributed by atoms with Crippen LogP contribution in [-0.4, -0.2) is 25.9 Å². The molecule has 17 heavy (non-hydrogen) atoms. The molecular formula is C13H16BrClO2. The van der Waals surface area contributed by atoms with Crippen molar-refractivity contribution in [2.45, 2.75) is 24.8 Å². The molecule has 0 aromatic heterocycles. The number of hydrogen-bond donors (Lipinski definition) is 0. The first-order chi connectivity index (χ1) is 8.09. The fourth-order valence-corrected chi connectivity index (χ4v) is 2.99. The number of alkyl halides is 1. The molecule has 1 fully saturated rings. The van der Waals surface area contributed by atoms with Crippen LogP contribution >= 0.6 is 27.5 Å². The SMILES string of the molecule is Cc1cc(C(Br)C2COCCO2)c(C)cc1Cl. The van der Waals surface area contributed by atoms with Gasteiger partial charge in [-0.05, 0) is 36.6 Å². The molecule has 0 bridgehead atoms. The minimum absolute atomic E-state index is 0.0722. The molecule has 0 N–H and O–H groups in total. The highest BCUT2D eigenvalue weighted by Crippen LogP contribution is 2.34. The second kappa shape index (κ2) is 5.70. The van der Waals surface area contributed by atoms with E-state index in [1.165, 1.54) is 11.1 Å². The predicted octanol–water partition coefficient (Wildman–Crippen LogP) is 3.81. The van der Waals surface area contributed by atoms with Crippen LogP contribution in [0.25, 0.3) is 0 Å². The molecule has 0 saturated carbocycles. The Labute approximate surface area is 115 Å². The Balaban J connectivity index is 2.23. The summed E-state index contributed by atoms with van der Waals surface area (Å²) in [5.41, 5.74) is 3.49. The summed E-state index contributed by atoms with van der Waals surface area (Å²) in [6, 6.07) is 4.12. The van der Waals surface area contributed by atoms with Crippen LogP contribution in [0.3, 0.4) is 0 Å². The molecule has 0 aliphatic carbocycles. The zero-order valence-electron chi connectivity index (χ0n) is 10.0. The summed E-state index contributed by atoms with van der Waals surface area (Å²) >= 11 is 9.81. The maximum absolute atomic E-state index is 6.11. The van der Waals surface area contributed by atoms with E-state index in [0.717, 1.165) is 10.6 Å². The van der Waals surface area contributed by atoms with Gasteiger partial charge in [-0.2, -0.15) is 0 Å². The average molecular weight is 320 g/mol. The smallest absolute Gasteiger partial charge is 0.0975 e. The summed E-state index contributed by atoms with van der Waals surface area (Å²) in [5.74, 6) is 0. The summed E-state index contributed by atoms with van der Waals surface area (Å²) in [5, 5.41) is 0.812. The average Bonchev–Trinajstić information content (AvgIpc) is 2.34. The largest absolute Gasteiger partial charge is 0.376 e. The monoisotopic (exact) mass is 318 g/mol. The zero-order chi connectivity index (χ0) is 12.4. The lowest BCUT2D eigenvalue weighted by molar-refractivity contribution is -0.0877. The van der Waals surface area contributed by atoms with Crippen LogP contribution in [0, 0.1) is 13.8 Å². The molecule has 94 valence electrons. The molecule has 2 unspecified atom stereocenters. The maximum atomic E-state index is 6.11. The first kappa shape index (κ1) is 13.3. The third-order valence-corrected chi connectivity index (χ3v) is 4.50.